The SMILES string of the molecule is COc1ccccc1CCNC(=O)c1csc(CN2CCN(c3ccc(C)c(C)c3)CC2)n1. The zero-order valence-corrected chi connectivity index (χ0v) is 20.5. The molecule has 2 heterocycles. The Kier molecular flexibility index (Phi) is 7.62. The van der Waals surface area contributed by atoms with E-state index in [0.717, 1.165) is 55.5 Å². The van der Waals surface area contributed by atoms with E-state index in [1.165, 1.54) is 16.8 Å². The van der Waals surface area contributed by atoms with Crippen molar-refractivity contribution in [2.45, 2.75) is 26.8 Å². The fourth-order valence-electron chi connectivity index (χ4n) is 4.08. The van der Waals surface area contributed by atoms with Gasteiger partial charge in [0.05, 0.1) is 13.7 Å². The number of nitrogens with one attached hydrogen (secondary N) is 1. The third kappa shape index (κ3) is 5.92. The number of hydrogen-bond donors (Lipinski definition) is 1. The van der Waals surface area contributed by atoms with E-state index in [-0.39, 0.29) is 5.91 Å². The molecule has 0 aliphatic carbocycles. The highest BCUT2D eigenvalue weighted by Crippen LogP contribution is 2.21. The van der Waals surface area contributed by atoms with Gasteiger partial charge in [0.2, 0.25) is 0 Å². The zero-order chi connectivity index (χ0) is 23.2. The van der Waals surface area contributed by atoms with Gasteiger partial charge in [-0.3, -0.25) is 9.69 Å². The van der Waals surface area contributed by atoms with Crippen LogP contribution in [0.25, 0.3) is 0 Å². The molecule has 0 saturated carbocycles. The lowest BCUT2D eigenvalue weighted by Crippen LogP contribution is -2.46. The molecule has 0 spiro atoms. The maximum atomic E-state index is 12.5. The number of hydrogen-bond acceptors (Lipinski definition) is 6. The van der Waals surface area contributed by atoms with E-state index >= 15 is 0 Å². The monoisotopic (exact) mass is 464 g/mol. The van der Waals surface area contributed by atoms with Crippen LogP contribution < -0.4 is 15.0 Å². The number of para-hydroxylation sites is 1. The van der Waals surface area contributed by atoms with Crippen LogP contribution in [0.5, 0.6) is 5.75 Å². The van der Waals surface area contributed by atoms with Gasteiger partial charge in [-0.15, -0.1) is 11.3 Å². The Bertz CT molecular complexity index is 1090. The van der Waals surface area contributed by atoms with Crippen molar-refractivity contribution in [3.05, 3.63) is 75.2 Å². The summed E-state index contributed by atoms with van der Waals surface area (Å²) in [7, 11) is 1.66. The van der Waals surface area contributed by atoms with Crippen LogP contribution in [-0.2, 0) is 13.0 Å². The van der Waals surface area contributed by atoms with Gasteiger partial charge in [-0.25, -0.2) is 4.98 Å². The van der Waals surface area contributed by atoms with Crippen molar-refractivity contribution in [1.29, 1.82) is 0 Å². The Morgan fingerprint density at radius 3 is 2.64 bits per heavy atom. The van der Waals surface area contributed by atoms with Crippen LogP contribution in [0.15, 0.2) is 47.8 Å². The fraction of sp³-hybridized carbons (Fsp3) is 0.385. The number of methoxy groups -OCH3 is 1. The highest BCUT2D eigenvalue weighted by Gasteiger charge is 2.19. The molecule has 1 aromatic heterocycles. The minimum atomic E-state index is -0.119. The number of thiazole rings is 1. The largest absolute Gasteiger partial charge is 0.496 e. The van der Waals surface area contributed by atoms with Crippen LogP contribution in [0.1, 0.15) is 32.2 Å². The molecular formula is C26H32N4O2S. The smallest absolute Gasteiger partial charge is 0.270 e. The van der Waals surface area contributed by atoms with Gasteiger partial charge >= 0.3 is 0 Å². The van der Waals surface area contributed by atoms with Gasteiger partial charge < -0.3 is 15.0 Å². The van der Waals surface area contributed by atoms with Crippen LogP contribution in [0, 0.1) is 13.8 Å². The summed E-state index contributed by atoms with van der Waals surface area (Å²) in [6.07, 6.45) is 0.720. The van der Waals surface area contributed by atoms with E-state index in [1.54, 1.807) is 18.4 Å². The van der Waals surface area contributed by atoms with Crippen molar-refractivity contribution in [2.75, 3.05) is 44.7 Å². The molecule has 0 bridgehead atoms. The standard InChI is InChI=1S/C26H32N4O2S/c1-19-8-9-22(16-20(19)2)30-14-12-29(13-15-30)17-25-28-23(18-33-25)26(31)27-11-10-21-6-4-5-7-24(21)32-3/h4-9,16,18H,10-15,17H2,1-3H3,(H,27,31). The van der Waals surface area contributed by atoms with Crippen LogP contribution in [0.4, 0.5) is 5.69 Å². The van der Waals surface area contributed by atoms with Gasteiger partial charge in [0, 0.05) is 43.8 Å². The second-order valence-corrected chi connectivity index (χ2v) is 9.42. The van der Waals surface area contributed by atoms with E-state index in [2.05, 4.69) is 52.1 Å². The Labute approximate surface area is 200 Å². The number of anilines is 1. The molecule has 2 aromatic carbocycles. The molecule has 0 radical (unpaired) electrons. The van der Waals surface area contributed by atoms with Gasteiger partial charge in [-0.1, -0.05) is 24.3 Å². The molecule has 4 rings (SSSR count). The van der Waals surface area contributed by atoms with Crippen LogP contribution >= 0.6 is 11.3 Å². The van der Waals surface area contributed by atoms with Gasteiger partial charge in [-0.05, 0) is 55.2 Å². The predicted molar refractivity (Wildman–Crippen MR) is 135 cm³/mol. The Hall–Kier alpha value is -2.90. The van der Waals surface area contributed by atoms with Crippen molar-refractivity contribution in [3.8, 4) is 5.75 Å². The summed E-state index contributed by atoms with van der Waals surface area (Å²) in [5.74, 6) is 0.729. The van der Waals surface area contributed by atoms with Gasteiger partial charge in [0.25, 0.3) is 5.91 Å². The molecule has 1 N–H and O–H groups in total. The molecule has 7 heteroatoms. The normalized spacial score (nSPS) is 14.3. The number of aryl methyl sites for hydroxylation is 2. The second kappa shape index (κ2) is 10.8. The molecule has 0 unspecified atom stereocenters. The lowest BCUT2D eigenvalue weighted by molar-refractivity contribution is 0.0949. The van der Waals surface area contributed by atoms with Crippen molar-refractivity contribution in [3.63, 3.8) is 0 Å². The second-order valence-electron chi connectivity index (χ2n) is 8.48. The molecule has 1 aliphatic rings. The summed E-state index contributed by atoms with van der Waals surface area (Å²) >= 11 is 1.56. The summed E-state index contributed by atoms with van der Waals surface area (Å²) in [5, 5.41) is 5.83. The van der Waals surface area contributed by atoms with Gasteiger partial charge in [-0.2, -0.15) is 0 Å². The van der Waals surface area contributed by atoms with Crippen molar-refractivity contribution >= 4 is 22.9 Å². The quantitative estimate of drug-likeness (QED) is 0.545. The minimum absolute atomic E-state index is 0.119. The summed E-state index contributed by atoms with van der Waals surface area (Å²) in [5.41, 5.74) is 5.56. The zero-order valence-electron chi connectivity index (χ0n) is 19.6. The topological polar surface area (TPSA) is 57.7 Å². The molecule has 1 aliphatic heterocycles. The van der Waals surface area contributed by atoms with E-state index in [1.807, 2.05) is 29.6 Å². The first-order valence-corrected chi connectivity index (χ1v) is 12.3. The molecule has 6 nitrogen and oxygen atoms in total. The number of rotatable bonds is 8. The van der Waals surface area contributed by atoms with E-state index in [9.17, 15) is 4.79 Å². The Balaban J connectivity index is 1.24. The third-order valence-electron chi connectivity index (χ3n) is 6.24. The number of aromatic nitrogens is 1. The predicted octanol–water partition coefficient (Wildman–Crippen LogP) is 4.06. The first-order valence-electron chi connectivity index (χ1n) is 11.4. The molecule has 3 aromatic rings. The Morgan fingerprint density at radius 2 is 1.88 bits per heavy atom. The molecule has 1 fully saturated rings. The molecular weight excluding hydrogens is 432 g/mol. The molecule has 0 atom stereocenters. The third-order valence-corrected chi connectivity index (χ3v) is 7.08. The Morgan fingerprint density at radius 1 is 1.09 bits per heavy atom. The summed E-state index contributed by atoms with van der Waals surface area (Å²) in [6, 6.07) is 14.6. The van der Waals surface area contributed by atoms with E-state index in [0.29, 0.717) is 12.2 Å². The lowest BCUT2D eigenvalue weighted by Gasteiger charge is -2.36. The number of nitrogens with zero attached hydrogens (tertiary/aromatic N) is 3. The first kappa shape index (κ1) is 23.3. The van der Waals surface area contributed by atoms with Gasteiger partial charge in [0.1, 0.15) is 16.5 Å². The number of benzene rings is 2. The number of carbonyl (C=O) groups excluding carboxylic acids is 1. The summed E-state index contributed by atoms with van der Waals surface area (Å²) in [4.78, 5) is 22.0. The van der Waals surface area contributed by atoms with Crippen molar-refractivity contribution in [1.82, 2.24) is 15.2 Å². The van der Waals surface area contributed by atoms with E-state index in [4.69, 9.17) is 4.74 Å². The summed E-state index contributed by atoms with van der Waals surface area (Å²) < 4.78 is 5.37. The van der Waals surface area contributed by atoms with Crippen LogP contribution in [-0.4, -0.2) is 55.6 Å². The van der Waals surface area contributed by atoms with Crippen LogP contribution in [0.3, 0.4) is 0 Å². The average Bonchev–Trinajstić information content (AvgIpc) is 3.30. The fourth-order valence-corrected chi connectivity index (χ4v) is 4.89. The minimum Gasteiger partial charge on any atom is -0.496 e. The molecule has 33 heavy (non-hydrogen) atoms. The summed E-state index contributed by atoms with van der Waals surface area (Å²) in [6.45, 7) is 9.66. The number of ether oxygens (including phenoxy) is 1. The van der Waals surface area contributed by atoms with Gasteiger partial charge in [0.15, 0.2) is 0 Å². The highest BCUT2D eigenvalue weighted by molar-refractivity contribution is 7.09. The van der Waals surface area contributed by atoms with Crippen molar-refractivity contribution in [2.24, 2.45) is 0 Å². The first-order chi connectivity index (χ1) is 16.0. The van der Waals surface area contributed by atoms with E-state index < -0.39 is 0 Å². The van der Waals surface area contributed by atoms with Crippen molar-refractivity contribution < 1.29 is 9.53 Å². The molecule has 1 saturated heterocycles. The highest BCUT2D eigenvalue weighted by atomic mass is 32.1. The molecule has 174 valence electrons. The number of amides is 1. The van der Waals surface area contributed by atoms with Crippen LogP contribution in [0.2, 0.25) is 0 Å². The molecule has 1 amide bonds. The average molecular weight is 465 g/mol. The number of carbonyl (C=O) groups is 1. The maximum absolute atomic E-state index is 12.5. The number of piperazine rings is 1. The lowest BCUT2D eigenvalue weighted by atomic mass is 10.1. The maximum Gasteiger partial charge on any atom is 0.270 e.